The molecule has 1 fully saturated rings. The van der Waals surface area contributed by atoms with Crippen LogP contribution in [0.15, 0.2) is 18.5 Å². The molecule has 1 aliphatic carbocycles. The summed E-state index contributed by atoms with van der Waals surface area (Å²) < 4.78 is 0. The van der Waals surface area contributed by atoms with E-state index in [0.717, 1.165) is 32.1 Å². The fourth-order valence-electron chi connectivity index (χ4n) is 3.28. The summed E-state index contributed by atoms with van der Waals surface area (Å²) in [5.74, 6) is -0.540. The van der Waals surface area contributed by atoms with Crippen LogP contribution in [0.2, 0.25) is 0 Å². The maximum absolute atomic E-state index is 12.3. The van der Waals surface area contributed by atoms with E-state index >= 15 is 0 Å². The van der Waals surface area contributed by atoms with Crippen molar-refractivity contribution in [1.29, 1.82) is 0 Å². The van der Waals surface area contributed by atoms with E-state index in [1.54, 1.807) is 6.07 Å². The molecule has 0 spiro atoms. The van der Waals surface area contributed by atoms with Crippen molar-refractivity contribution >= 4 is 11.8 Å². The molecule has 106 valence electrons. The molecule has 1 aromatic rings. The first kappa shape index (κ1) is 13.2. The van der Waals surface area contributed by atoms with Gasteiger partial charge in [-0.05, 0) is 18.9 Å². The molecular weight excluding hydrogens is 256 g/mol. The average molecular weight is 274 g/mol. The summed E-state index contributed by atoms with van der Waals surface area (Å²) in [7, 11) is 0. The number of rotatable bonds is 3. The Morgan fingerprint density at radius 1 is 1.15 bits per heavy atom. The lowest BCUT2D eigenvalue weighted by atomic mass is 9.74. The van der Waals surface area contributed by atoms with Crippen molar-refractivity contribution in [1.82, 2.24) is 9.88 Å². The van der Waals surface area contributed by atoms with Gasteiger partial charge in [-0.2, -0.15) is 0 Å². The van der Waals surface area contributed by atoms with Crippen LogP contribution in [0.3, 0.4) is 0 Å². The maximum atomic E-state index is 12.3. The van der Waals surface area contributed by atoms with Crippen molar-refractivity contribution in [2.75, 3.05) is 13.2 Å². The van der Waals surface area contributed by atoms with Gasteiger partial charge in [0.2, 0.25) is 0 Å². The van der Waals surface area contributed by atoms with Crippen molar-refractivity contribution < 1.29 is 14.7 Å². The molecule has 1 aliphatic heterocycles. The second-order valence-corrected chi connectivity index (χ2v) is 5.84. The number of imide groups is 1. The van der Waals surface area contributed by atoms with Crippen LogP contribution in [-0.4, -0.2) is 40.0 Å². The average Bonchev–Trinajstić information content (AvgIpc) is 2.74. The van der Waals surface area contributed by atoms with Gasteiger partial charge in [-0.15, -0.1) is 0 Å². The van der Waals surface area contributed by atoms with E-state index in [4.69, 9.17) is 0 Å². The normalized spacial score (nSPS) is 21.1. The Hall–Kier alpha value is -1.75. The Labute approximate surface area is 117 Å². The van der Waals surface area contributed by atoms with E-state index in [1.807, 2.05) is 0 Å². The second-order valence-electron chi connectivity index (χ2n) is 5.84. The number of carbonyl (C=O) groups excluding carboxylic acids is 2. The van der Waals surface area contributed by atoms with E-state index < -0.39 is 0 Å². The van der Waals surface area contributed by atoms with Crippen LogP contribution in [0.4, 0.5) is 0 Å². The van der Waals surface area contributed by atoms with Gasteiger partial charge in [0.1, 0.15) is 0 Å². The smallest absolute Gasteiger partial charge is 0.263 e. The third-order valence-corrected chi connectivity index (χ3v) is 4.52. The van der Waals surface area contributed by atoms with E-state index in [0.29, 0.717) is 17.7 Å². The number of pyridine rings is 1. The van der Waals surface area contributed by atoms with E-state index in [1.165, 1.54) is 17.3 Å². The molecule has 0 unspecified atom stereocenters. The van der Waals surface area contributed by atoms with Crippen LogP contribution in [0.25, 0.3) is 0 Å². The zero-order valence-electron chi connectivity index (χ0n) is 11.3. The number of hydrogen-bond donors (Lipinski definition) is 1. The lowest BCUT2D eigenvalue weighted by Crippen LogP contribution is -2.44. The molecule has 20 heavy (non-hydrogen) atoms. The van der Waals surface area contributed by atoms with Gasteiger partial charge < -0.3 is 5.11 Å². The lowest BCUT2D eigenvalue weighted by molar-refractivity contribution is 0.0331. The summed E-state index contributed by atoms with van der Waals surface area (Å²) in [5.41, 5.74) is 0.481. The third kappa shape index (κ3) is 2.02. The number of aromatic nitrogens is 1. The molecule has 0 atom stereocenters. The third-order valence-electron chi connectivity index (χ3n) is 4.52. The molecule has 1 saturated carbocycles. The topological polar surface area (TPSA) is 70.5 Å². The number of nitrogens with zero attached hydrogens (tertiary/aromatic N) is 2. The zero-order chi connectivity index (χ0) is 14.2. The van der Waals surface area contributed by atoms with E-state index in [-0.39, 0.29) is 23.8 Å². The van der Waals surface area contributed by atoms with Crippen molar-refractivity contribution in [2.24, 2.45) is 5.41 Å². The van der Waals surface area contributed by atoms with Crippen LogP contribution in [0.1, 0.15) is 52.8 Å². The SMILES string of the molecule is O=C1c2ccncc2C(=O)N1CC1(CO)CCCCC1. The largest absolute Gasteiger partial charge is 0.396 e. The standard InChI is InChI=1S/C15H18N2O3/c18-10-15(5-2-1-3-6-15)9-17-13(19)11-4-7-16-8-12(11)14(17)20/h4,7-8,18H,1-3,5-6,9-10H2. The minimum atomic E-state index is -0.320. The molecule has 0 aromatic carbocycles. The van der Waals surface area contributed by atoms with Gasteiger partial charge in [0.25, 0.3) is 11.8 Å². The predicted octanol–water partition coefficient (Wildman–Crippen LogP) is 1.62. The molecule has 1 aromatic heterocycles. The van der Waals surface area contributed by atoms with Crippen molar-refractivity contribution in [3.8, 4) is 0 Å². The van der Waals surface area contributed by atoms with Crippen LogP contribution in [-0.2, 0) is 0 Å². The Kier molecular flexibility index (Phi) is 3.30. The highest BCUT2D eigenvalue weighted by molar-refractivity contribution is 6.21. The summed E-state index contributed by atoms with van der Waals surface area (Å²) in [6.07, 6.45) is 7.96. The highest BCUT2D eigenvalue weighted by Gasteiger charge is 2.42. The maximum Gasteiger partial charge on any atom is 0.263 e. The Morgan fingerprint density at radius 3 is 2.50 bits per heavy atom. The van der Waals surface area contributed by atoms with Crippen molar-refractivity contribution in [3.05, 3.63) is 29.6 Å². The van der Waals surface area contributed by atoms with Gasteiger partial charge in [0, 0.05) is 24.4 Å². The van der Waals surface area contributed by atoms with Crippen molar-refractivity contribution in [3.63, 3.8) is 0 Å². The molecule has 1 N–H and O–H groups in total. The number of fused-ring (bicyclic) bond motifs is 1. The Balaban J connectivity index is 1.85. The van der Waals surface area contributed by atoms with Gasteiger partial charge in [-0.25, -0.2) is 0 Å². The molecule has 5 nitrogen and oxygen atoms in total. The highest BCUT2D eigenvalue weighted by Crippen LogP contribution is 2.38. The quantitative estimate of drug-likeness (QED) is 0.850. The fourth-order valence-corrected chi connectivity index (χ4v) is 3.28. The number of hydrogen-bond acceptors (Lipinski definition) is 4. The van der Waals surface area contributed by atoms with Gasteiger partial charge in [-0.3, -0.25) is 19.5 Å². The fraction of sp³-hybridized carbons (Fsp3) is 0.533. The monoisotopic (exact) mass is 274 g/mol. The van der Waals surface area contributed by atoms with Crippen LogP contribution in [0.5, 0.6) is 0 Å². The predicted molar refractivity (Wildman–Crippen MR) is 72.2 cm³/mol. The van der Waals surface area contributed by atoms with Gasteiger partial charge in [0.15, 0.2) is 0 Å². The number of amides is 2. The zero-order valence-corrected chi connectivity index (χ0v) is 11.3. The summed E-state index contributed by atoms with van der Waals surface area (Å²) >= 11 is 0. The van der Waals surface area contributed by atoms with Crippen LogP contribution in [0, 0.1) is 5.41 Å². The van der Waals surface area contributed by atoms with Crippen molar-refractivity contribution in [2.45, 2.75) is 32.1 Å². The van der Waals surface area contributed by atoms with Gasteiger partial charge >= 0.3 is 0 Å². The van der Waals surface area contributed by atoms with Crippen LogP contribution < -0.4 is 0 Å². The van der Waals surface area contributed by atoms with Crippen LogP contribution >= 0.6 is 0 Å². The molecule has 2 amide bonds. The van der Waals surface area contributed by atoms with Gasteiger partial charge in [-0.1, -0.05) is 19.3 Å². The summed E-state index contributed by atoms with van der Waals surface area (Å²) in [5, 5.41) is 9.73. The van der Waals surface area contributed by atoms with E-state index in [9.17, 15) is 14.7 Å². The minimum Gasteiger partial charge on any atom is -0.396 e. The molecule has 3 rings (SSSR count). The Bertz CT molecular complexity index is 515. The summed E-state index contributed by atoms with van der Waals surface area (Å²) in [6.45, 7) is 0.342. The molecule has 0 bridgehead atoms. The molecule has 5 heteroatoms. The lowest BCUT2D eigenvalue weighted by Gasteiger charge is -2.37. The molecular formula is C15H18N2O3. The first-order chi connectivity index (χ1) is 9.67. The van der Waals surface area contributed by atoms with E-state index in [2.05, 4.69) is 4.98 Å². The second kappa shape index (κ2) is 4.98. The number of carbonyl (C=O) groups is 2. The number of aliphatic hydroxyl groups excluding tert-OH is 1. The first-order valence-corrected chi connectivity index (χ1v) is 7.08. The summed E-state index contributed by atoms with van der Waals surface area (Å²) in [6, 6.07) is 1.59. The van der Waals surface area contributed by atoms with Gasteiger partial charge in [0.05, 0.1) is 17.7 Å². The minimum absolute atomic E-state index is 0.0264. The molecule has 2 heterocycles. The molecule has 0 saturated heterocycles. The molecule has 2 aliphatic rings. The first-order valence-electron chi connectivity index (χ1n) is 7.08. The highest BCUT2D eigenvalue weighted by atomic mass is 16.3. The summed E-state index contributed by atoms with van der Waals surface area (Å²) in [4.78, 5) is 29.9. The molecule has 0 radical (unpaired) electrons. The Morgan fingerprint density at radius 2 is 1.85 bits per heavy atom. The number of aliphatic hydroxyl groups is 1.